The lowest BCUT2D eigenvalue weighted by Gasteiger charge is -2.17. The van der Waals surface area contributed by atoms with Crippen LogP contribution in [0.4, 0.5) is 4.39 Å². The number of carbonyl (C=O) groups excluding carboxylic acids is 1. The molecule has 114 valence electrons. The van der Waals surface area contributed by atoms with Crippen molar-refractivity contribution in [3.63, 3.8) is 0 Å². The van der Waals surface area contributed by atoms with Crippen LogP contribution < -0.4 is 0 Å². The number of hydrogen-bond donors (Lipinski definition) is 1. The molecule has 1 N–H and O–H groups in total. The van der Waals surface area contributed by atoms with Gasteiger partial charge in [-0.1, -0.05) is 24.3 Å². The summed E-state index contributed by atoms with van der Waals surface area (Å²) in [5, 5.41) is 9.45. The van der Waals surface area contributed by atoms with Gasteiger partial charge in [-0.25, -0.2) is 4.39 Å². The van der Waals surface area contributed by atoms with Gasteiger partial charge in [0.2, 0.25) is 5.91 Å². The van der Waals surface area contributed by atoms with E-state index < -0.39 is 0 Å². The summed E-state index contributed by atoms with van der Waals surface area (Å²) in [5.41, 5.74) is 1.76. The molecule has 0 radical (unpaired) electrons. The fraction of sp³-hybridized carbons (Fsp3) is 0.278. The Labute approximate surface area is 129 Å². The smallest absolute Gasteiger partial charge is 0.227 e. The van der Waals surface area contributed by atoms with Gasteiger partial charge in [0, 0.05) is 19.0 Å². The maximum atomic E-state index is 13.3. The van der Waals surface area contributed by atoms with Gasteiger partial charge in [-0.3, -0.25) is 4.79 Å². The summed E-state index contributed by atoms with van der Waals surface area (Å²) < 4.78 is 13.3. The number of amides is 1. The molecule has 0 bridgehead atoms. The molecule has 3 nitrogen and oxygen atoms in total. The zero-order valence-corrected chi connectivity index (χ0v) is 12.2. The third kappa shape index (κ3) is 3.27. The van der Waals surface area contributed by atoms with Crippen LogP contribution in [0.1, 0.15) is 23.5 Å². The van der Waals surface area contributed by atoms with Crippen LogP contribution in [0.15, 0.2) is 48.5 Å². The van der Waals surface area contributed by atoms with E-state index in [2.05, 4.69) is 0 Å². The number of benzene rings is 2. The van der Waals surface area contributed by atoms with Gasteiger partial charge in [-0.2, -0.15) is 0 Å². The topological polar surface area (TPSA) is 40.5 Å². The van der Waals surface area contributed by atoms with E-state index in [9.17, 15) is 14.3 Å². The Morgan fingerprint density at radius 2 is 2.05 bits per heavy atom. The van der Waals surface area contributed by atoms with Crippen molar-refractivity contribution in [2.45, 2.75) is 18.8 Å². The summed E-state index contributed by atoms with van der Waals surface area (Å²) in [6.07, 6.45) is 1.14. The SMILES string of the molecule is O=C(Cc1cccc(O)c1)N1CC[C@H](c2cccc(F)c2)C1. The molecule has 22 heavy (non-hydrogen) atoms. The maximum Gasteiger partial charge on any atom is 0.227 e. The number of rotatable bonds is 3. The Bertz CT molecular complexity index is 686. The van der Waals surface area contributed by atoms with Crippen LogP contribution in [-0.2, 0) is 11.2 Å². The van der Waals surface area contributed by atoms with E-state index in [0.717, 1.165) is 17.5 Å². The van der Waals surface area contributed by atoms with Crippen LogP contribution in [-0.4, -0.2) is 29.0 Å². The zero-order chi connectivity index (χ0) is 15.5. The van der Waals surface area contributed by atoms with Crippen molar-refractivity contribution in [2.75, 3.05) is 13.1 Å². The molecule has 2 aromatic rings. The predicted octanol–water partition coefficient (Wildman–Crippen LogP) is 3.09. The van der Waals surface area contributed by atoms with E-state index in [0.29, 0.717) is 13.1 Å². The van der Waals surface area contributed by atoms with Crippen LogP contribution in [0, 0.1) is 5.82 Å². The minimum absolute atomic E-state index is 0.0458. The number of phenolic OH excluding ortho intramolecular Hbond substituents is 1. The molecule has 4 heteroatoms. The first-order valence-corrected chi connectivity index (χ1v) is 7.43. The highest BCUT2D eigenvalue weighted by Gasteiger charge is 2.27. The summed E-state index contributed by atoms with van der Waals surface area (Å²) in [6.45, 7) is 1.32. The first kappa shape index (κ1) is 14.6. The first-order chi connectivity index (χ1) is 10.6. The number of hydrogen-bond acceptors (Lipinski definition) is 2. The van der Waals surface area contributed by atoms with Gasteiger partial charge >= 0.3 is 0 Å². The second-order valence-electron chi connectivity index (χ2n) is 5.73. The molecule has 0 unspecified atom stereocenters. The summed E-state index contributed by atoms with van der Waals surface area (Å²) >= 11 is 0. The lowest BCUT2D eigenvalue weighted by atomic mass is 9.98. The summed E-state index contributed by atoms with van der Waals surface area (Å²) in [4.78, 5) is 14.2. The van der Waals surface area contributed by atoms with Gasteiger partial charge in [-0.15, -0.1) is 0 Å². The van der Waals surface area contributed by atoms with E-state index in [4.69, 9.17) is 0 Å². The first-order valence-electron chi connectivity index (χ1n) is 7.43. The van der Waals surface area contributed by atoms with E-state index in [-0.39, 0.29) is 29.8 Å². The van der Waals surface area contributed by atoms with Crippen molar-refractivity contribution in [3.8, 4) is 5.75 Å². The molecule has 0 saturated carbocycles. The molecule has 1 heterocycles. The highest BCUT2D eigenvalue weighted by atomic mass is 19.1. The van der Waals surface area contributed by atoms with Gasteiger partial charge in [0.05, 0.1) is 6.42 Å². The van der Waals surface area contributed by atoms with E-state index in [1.807, 2.05) is 17.0 Å². The molecule has 2 aromatic carbocycles. The molecule has 1 atom stereocenters. The second kappa shape index (κ2) is 6.18. The number of halogens is 1. The molecule has 0 spiro atoms. The van der Waals surface area contributed by atoms with E-state index >= 15 is 0 Å². The number of phenols is 1. The lowest BCUT2D eigenvalue weighted by Crippen LogP contribution is -2.29. The van der Waals surface area contributed by atoms with E-state index in [1.54, 1.807) is 30.3 Å². The van der Waals surface area contributed by atoms with Gasteiger partial charge in [0.1, 0.15) is 11.6 Å². The van der Waals surface area contributed by atoms with Crippen molar-refractivity contribution in [3.05, 3.63) is 65.5 Å². The van der Waals surface area contributed by atoms with Crippen molar-refractivity contribution < 1.29 is 14.3 Å². The Balaban J connectivity index is 1.63. The van der Waals surface area contributed by atoms with Crippen molar-refractivity contribution in [2.24, 2.45) is 0 Å². The third-order valence-electron chi connectivity index (χ3n) is 4.13. The van der Waals surface area contributed by atoms with E-state index in [1.165, 1.54) is 6.07 Å². The highest BCUT2D eigenvalue weighted by molar-refractivity contribution is 5.79. The highest BCUT2D eigenvalue weighted by Crippen LogP contribution is 2.28. The number of carbonyl (C=O) groups is 1. The number of nitrogens with zero attached hydrogens (tertiary/aromatic N) is 1. The molecule has 1 saturated heterocycles. The van der Waals surface area contributed by atoms with Gasteiger partial charge < -0.3 is 10.0 Å². The van der Waals surface area contributed by atoms with Gasteiger partial charge in [0.25, 0.3) is 0 Å². The molecular weight excluding hydrogens is 281 g/mol. The number of likely N-dealkylation sites (tertiary alicyclic amines) is 1. The molecule has 1 fully saturated rings. The standard InChI is InChI=1S/C18H18FNO2/c19-16-5-2-4-14(11-16)15-7-8-20(12-15)18(22)10-13-3-1-6-17(21)9-13/h1-6,9,11,15,21H,7-8,10,12H2/t15-/m0/s1. The average Bonchev–Trinajstić information content (AvgIpc) is 2.97. The van der Waals surface area contributed by atoms with Crippen LogP contribution in [0.2, 0.25) is 0 Å². The fourth-order valence-electron chi connectivity index (χ4n) is 2.97. The Morgan fingerprint density at radius 1 is 1.23 bits per heavy atom. The molecule has 3 rings (SSSR count). The Morgan fingerprint density at radius 3 is 2.82 bits per heavy atom. The Hall–Kier alpha value is -2.36. The van der Waals surface area contributed by atoms with Crippen LogP contribution in [0.25, 0.3) is 0 Å². The largest absolute Gasteiger partial charge is 0.508 e. The average molecular weight is 299 g/mol. The van der Waals surface area contributed by atoms with Gasteiger partial charge in [-0.05, 0) is 41.8 Å². The number of aromatic hydroxyl groups is 1. The monoisotopic (exact) mass is 299 g/mol. The molecule has 0 aromatic heterocycles. The molecule has 1 aliphatic heterocycles. The summed E-state index contributed by atoms with van der Waals surface area (Å²) in [7, 11) is 0. The van der Waals surface area contributed by atoms with Crippen molar-refractivity contribution in [1.29, 1.82) is 0 Å². The summed E-state index contributed by atoms with van der Waals surface area (Å²) in [6, 6.07) is 13.4. The van der Waals surface area contributed by atoms with Crippen molar-refractivity contribution in [1.82, 2.24) is 4.90 Å². The normalized spacial score (nSPS) is 17.7. The minimum Gasteiger partial charge on any atom is -0.508 e. The van der Waals surface area contributed by atoms with Crippen molar-refractivity contribution >= 4 is 5.91 Å². The maximum absolute atomic E-state index is 13.3. The van der Waals surface area contributed by atoms with Crippen LogP contribution >= 0.6 is 0 Å². The molecule has 0 aliphatic carbocycles. The zero-order valence-electron chi connectivity index (χ0n) is 12.2. The third-order valence-corrected chi connectivity index (χ3v) is 4.13. The van der Waals surface area contributed by atoms with Crippen LogP contribution in [0.3, 0.4) is 0 Å². The van der Waals surface area contributed by atoms with Gasteiger partial charge in [0.15, 0.2) is 0 Å². The quantitative estimate of drug-likeness (QED) is 0.946. The predicted molar refractivity (Wildman–Crippen MR) is 82.1 cm³/mol. The second-order valence-corrected chi connectivity index (χ2v) is 5.73. The fourth-order valence-corrected chi connectivity index (χ4v) is 2.97. The molecule has 1 amide bonds. The molecular formula is C18H18FNO2. The lowest BCUT2D eigenvalue weighted by molar-refractivity contribution is -0.129. The summed E-state index contributed by atoms with van der Waals surface area (Å²) in [5.74, 6) is 0.180. The van der Waals surface area contributed by atoms with Crippen LogP contribution in [0.5, 0.6) is 5.75 Å². The molecule has 1 aliphatic rings. The minimum atomic E-state index is -0.234. The Kier molecular flexibility index (Phi) is 4.09.